The zero-order chi connectivity index (χ0) is 22.8. The first kappa shape index (κ1) is 21.9. The summed E-state index contributed by atoms with van der Waals surface area (Å²) in [5.74, 6) is 0.539. The number of pyridine rings is 1. The molecule has 2 aromatic carbocycles. The molecule has 1 aliphatic carbocycles. The standard InChI is InChI=1S/C27H26ClN3OS/c28-25-22-11-4-5-12-23(22)33-26(25)27(32)31(21-9-2-1-3-10-21)17-18-7-6-8-19(15-18)20-13-14-24(29)30-16-20/h4-8,11-16,21H,1-3,9-10,17H2,(H2,29,30). The molecule has 4 nitrogen and oxygen atoms in total. The summed E-state index contributed by atoms with van der Waals surface area (Å²) in [4.78, 5) is 20.8. The van der Waals surface area contributed by atoms with Gasteiger partial charge in [-0.25, -0.2) is 4.98 Å². The minimum Gasteiger partial charge on any atom is -0.384 e. The van der Waals surface area contributed by atoms with Crippen LogP contribution in [-0.4, -0.2) is 21.8 Å². The van der Waals surface area contributed by atoms with Crippen molar-refractivity contribution in [1.82, 2.24) is 9.88 Å². The molecular formula is C27H26ClN3OS. The number of benzene rings is 2. The Bertz CT molecular complexity index is 1280. The average Bonchev–Trinajstić information content (AvgIpc) is 3.20. The van der Waals surface area contributed by atoms with Gasteiger partial charge in [0.1, 0.15) is 10.7 Å². The fourth-order valence-corrected chi connectivity index (χ4v) is 6.13. The van der Waals surface area contributed by atoms with Crippen molar-refractivity contribution >= 4 is 44.7 Å². The average molecular weight is 476 g/mol. The van der Waals surface area contributed by atoms with E-state index in [-0.39, 0.29) is 11.9 Å². The normalized spacial score (nSPS) is 14.5. The van der Waals surface area contributed by atoms with E-state index in [9.17, 15) is 4.79 Å². The molecule has 0 bridgehead atoms. The van der Waals surface area contributed by atoms with E-state index in [0.717, 1.165) is 52.5 Å². The first-order valence-electron chi connectivity index (χ1n) is 11.4. The summed E-state index contributed by atoms with van der Waals surface area (Å²) in [5, 5.41) is 1.53. The van der Waals surface area contributed by atoms with Crippen LogP contribution in [0.5, 0.6) is 0 Å². The number of carbonyl (C=O) groups is 1. The molecule has 6 heteroatoms. The van der Waals surface area contributed by atoms with Crippen LogP contribution in [0.2, 0.25) is 5.02 Å². The second kappa shape index (κ2) is 9.54. The first-order valence-corrected chi connectivity index (χ1v) is 12.6. The zero-order valence-corrected chi connectivity index (χ0v) is 19.9. The number of nitrogens with zero attached hydrogens (tertiary/aromatic N) is 2. The summed E-state index contributed by atoms with van der Waals surface area (Å²) in [6.07, 6.45) is 7.42. The van der Waals surface area contributed by atoms with Gasteiger partial charge in [0.25, 0.3) is 5.91 Å². The highest BCUT2D eigenvalue weighted by molar-refractivity contribution is 7.21. The van der Waals surface area contributed by atoms with Crippen molar-refractivity contribution in [3.63, 3.8) is 0 Å². The molecule has 168 valence electrons. The van der Waals surface area contributed by atoms with Crippen LogP contribution in [0, 0.1) is 0 Å². The third kappa shape index (κ3) is 4.61. The number of fused-ring (bicyclic) bond motifs is 1. The van der Waals surface area contributed by atoms with E-state index >= 15 is 0 Å². The molecule has 0 aliphatic heterocycles. The van der Waals surface area contributed by atoms with Gasteiger partial charge in [-0.2, -0.15) is 0 Å². The molecule has 2 heterocycles. The van der Waals surface area contributed by atoms with Gasteiger partial charge in [-0.15, -0.1) is 11.3 Å². The Morgan fingerprint density at radius 2 is 1.85 bits per heavy atom. The fourth-order valence-electron chi connectivity index (χ4n) is 4.66. The second-order valence-corrected chi connectivity index (χ2v) is 10.1. The number of anilines is 1. The molecule has 0 spiro atoms. The molecule has 33 heavy (non-hydrogen) atoms. The third-order valence-corrected chi connectivity index (χ3v) is 8.07. The van der Waals surface area contributed by atoms with Crippen molar-refractivity contribution in [3.05, 3.63) is 82.3 Å². The largest absolute Gasteiger partial charge is 0.384 e. The number of hydrogen-bond acceptors (Lipinski definition) is 4. The summed E-state index contributed by atoms with van der Waals surface area (Å²) < 4.78 is 1.05. The van der Waals surface area contributed by atoms with Crippen LogP contribution >= 0.6 is 22.9 Å². The van der Waals surface area contributed by atoms with Gasteiger partial charge in [0.15, 0.2) is 0 Å². The number of hydrogen-bond donors (Lipinski definition) is 1. The third-order valence-electron chi connectivity index (χ3n) is 6.41. The molecule has 2 aromatic heterocycles. The lowest BCUT2D eigenvalue weighted by Gasteiger charge is -2.34. The number of halogens is 1. The Hall–Kier alpha value is -2.89. The van der Waals surface area contributed by atoms with Gasteiger partial charge in [-0.3, -0.25) is 4.79 Å². The van der Waals surface area contributed by atoms with Gasteiger partial charge in [-0.1, -0.05) is 67.3 Å². The molecule has 0 atom stereocenters. The summed E-state index contributed by atoms with van der Waals surface area (Å²) >= 11 is 8.19. The molecular weight excluding hydrogens is 450 g/mol. The SMILES string of the molecule is Nc1ccc(-c2cccc(CN(C(=O)c3sc4ccccc4c3Cl)C3CCCCC3)c2)cn1. The highest BCUT2D eigenvalue weighted by atomic mass is 35.5. The smallest absolute Gasteiger partial charge is 0.266 e. The predicted octanol–water partition coefficient (Wildman–Crippen LogP) is 7.17. The highest BCUT2D eigenvalue weighted by Crippen LogP contribution is 2.37. The number of aromatic nitrogens is 1. The summed E-state index contributed by atoms with van der Waals surface area (Å²) in [6, 6.07) is 20.3. The minimum absolute atomic E-state index is 0.0349. The van der Waals surface area contributed by atoms with Gasteiger partial charge in [-0.05, 0) is 48.2 Å². The molecule has 1 fully saturated rings. The summed E-state index contributed by atoms with van der Waals surface area (Å²) in [7, 11) is 0. The van der Waals surface area contributed by atoms with Gasteiger partial charge in [0, 0.05) is 34.4 Å². The van der Waals surface area contributed by atoms with Crippen LogP contribution in [0.15, 0.2) is 66.9 Å². The Morgan fingerprint density at radius 3 is 2.61 bits per heavy atom. The van der Waals surface area contributed by atoms with Gasteiger partial charge < -0.3 is 10.6 Å². The molecule has 0 radical (unpaired) electrons. The monoisotopic (exact) mass is 475 g/mol. The number of carbonyl (C=O) groups excluding carboxylic acids is 1. The lowest BCUT2D eigenvalue weighted by atomic mass is 9.93. The number of rotatable bonds is 5. The van der Waals surface area contributed by atoms with Gasteiger partial charge in [0.05, 0.1) is 5.02 Å². The minimum atomic E-state index is 0.0349. The van der Waals surface area contributed by atoms with Crippen LogP contribution in [0.1, 0.15) is 47.3 Å². The number of thiophene rings is 1. The Labute approximate surface area is 203 Å². The maximum absolute atomic E-state index is 13.9. The molecule has 2 N–H and O–H groups in total. The summed E-state index contributed by atoms with van der Waals surface area (Å²) in [6.45, 7) is 0.560. The van der Waals surface area contributed by atoms with E-state index < -0.39 is 0 Å². The van der Waals surface area contributed by atoms with Crippen LogP contribution in [0.4, 0.5) is 5.82 Å². The van der Waals surface area contributed by atoms with Crippen molar-refractivity contribution in [2.45, 2.75) is 44.7 Å². The van der Waals surface area contributed by atoms with Crippen molar-refractivity contribution in [1.29, 1.82) is 0 Å². The van der Waals surface area contributed by atoms with Crippen molar-refractivity contribution in [3.8, 4) is 11.1 Å². The summed E-state index contributed by atoms with van der Waals surface area (Å²) in [5.41, 5.74) is 8.92. The number of amides is 1. The lowest BCUT2D eigenvalue weighted by molar-refractivity contribution is 0.0619. The molecule has 5 rings (SSSR count). The molecule has 0 unspecified atom stereocenters. The Balaban J connectivity index is 1.48. The van der Waals surface area contributed by atoms with E-state index in [0.29, 0.717) is 22.3 Å². The topological polar surface area (TPSA) is 59.2 Å². The Kier molecular flexibility index (Phi) is 6.34. The predicted molar refractivity (Wildman–Crippen MR) is 138 cm³/mol. The van der Waals surface area contributed by atoms with E-state index in [4.69, 9.17) is 17.3 Å². The molecule has 1 aliphatic rings. The quantitative estimate of drug-likeness (QED) is 0.332. The number of nitrogens with two attached hydrogens (primary N) is 1. The Morgan fingerprint density at radius 1 is 1.03 bits per heavy atom. The lowest BCUT2D eigenvalue weighted by Crippen LogP contribution is -2.40. The van der Waals surface area contributed by atoms with E-state index in [2.05, 4.69) is 28.1 Å². The van der Waals surface area contributed by atoms with Gasteiger partial charge >= 0.3 is 0 Å². The van der Waals surface area contributed by atoms with E-state index in [1.54, 1.807) is 6.20 Å². The van der Waals surface area contributed by atoms with Gasteiger partial charge in [0.2, 0.25) is 0 Å². The second-order valence-electron chi connectivity index (χ2n) is 8.64. The molecule has 1 amide bonds. The maximum atomic E-state index is 13.9. The van der Waals surface area contributed by atoms with Crippen LogP contribution in [0.25, 0.3) is 21.2 Å². The van der Waals surface area contributed by atoms with E-state index in [1.165, 1.54) is 17.8 Å². The van der Waals surface area contributed by atoms with Crippen LogP contribution in [0.3, 0.4) is 0 Å². The molecule has 4 aromatic rings. The fraction of sp³-hybridized carbons (Fsp3) is 0.259. The zero-order valence-electron chi connectivity index (χ0n) is 18.3. The van der Waals surface area contributed by atoms with E-state index in [1.807, 2.05) is 42.5 Å². The molecule has 1 saturated carbocycles. The van der Waals surface area contributed by atoms with Crippen molar-refractivity contribution in [2.24, 2.45) is 0 Å². The van der Waals surface area contributed by atoms with Crippen LogP contribution < -0.4 is 5.73 Å². The first-order chi connectivity index (χ1) is 16.1. The molecule has 0 saturated heterocycles. The van der Waals surface area contributed by atoms with Crippen molar-refractivity contribution in [2.75, 3.05) is 5.73 Å². The maximum Gasteiger partial charge on any atom is 0.266 e. The van der Waals surface area contributed by atoms with Crippen molar-refractivity contribution < 1.29 is 4.79 Å². The van der Waals surface area contributed by atoms with Crippen LogP contribution in [-0.2, 0) is 6.54 Å². The highest BCUT2D eigenvalue weighted by Gasteiger charge is 2.29. The number of nitrogen functional groups attached to an aromatic ring is 1.